The first-order chi connectivity index (χ1) is 12.0. The standard InChI is InChI=1S/C19H17Cl2N3O/c1-12-8-17(13-6-4-3-5-7-13)24(23-12)18(11-22)15-9-14(20)10-16(21)19(15)25-2/h3-7,9-10,17-18H,8H2,1-2H3/t17-,18+/m0/s1. The van der Waals surface area contributed by atoms with Gasteiger partial charge in [0, 0.05) is 22.7 Å². The molecule has 1 heterocycles. The Hall–Kier alpha value is -2.22. The zero-order valence-corrected chi connectivity index (χ0v) is 15.4. The molecule has 2 aromatic rings. The van der Waals surface area contributed by atoms with Crippen LogP contribution in [0.2, 0.25) is 10.0 Å². The van der Waals surface area contributed by atoms with E-state index in [2.05, 4.69) is 11.2 Å². The molecule has 0 radical (unpaired) electrons. The predicted octanol–water partition coefficient (Wildman–Crippen LogP) is 5.39. The summed E-state index contributed by atoms with van der Waals surface area (Å²) in [6.07, 6.45) is 0.763. The number of halogens is 2. The molecule has 2 atom stereocenters. The van der Waals surface area contributed by atoms with E-state index in [4.69, 9.17) is 27.9 Å². The van der Waals surface area contributed by atoms with Crippen LogP contribution in [-0.2, 0) is 0 Å². The SMILES string of the molecule is COc1c(Cl)cc(Cl)cc1[C@@H](C#N)N1N=C(C)C[C@H]1c1ccccc1. The molecule has 0 amide bonds. The van der Waals surface area contributed by atoms with Gasteiger partial charge in [0.1, 0.15) is 5.75 Å². The molecular weight excluding hydrogens is 357 g/mol. The van der Waals surface area contributed by atoms with Gasteiger partial charge < -0.3 is 4.74 Å². The fourth-order valence-corrected chi connectivity index (χ4v) is 3.72. The molecule has 0 aromatic heterocycles. The van der Waals surface area contributed by atoms with Crippen LogP contribution in [0.1, 0.15) is 36.6 Å². The molecule has 0 aliphatic carbocycles. The van der Waals surface area contributed by atoms with Gasteiger partial charge in [0.05, 0.1) is 24.2 Å². The van der Waals surface area contributed by atoms with E-state index in [1.165, 1.54) is 7.11 Å². The average Bonchev–Trinajstić information content (AvgIpc) is 2.98. The highest BCUT2D eigenvalue weighted by Gasteiger charge is 2.34. The Morgan fingerprint density at radius 1 is 1.28 bits per heavy atom. The summed E-state index contributed by atoms with van der Waals surface area (Å²) in [7, 11) is 1.53. The number of hydrogen-bond acceptors (Lipinski definition) is 4. The normalized spacial score (nSPS) is 17.8. The summed E-state index contributed by atoms with van der Waals surface area (Å²) in [5.74, 6) is 0.448. The van der Waals surface area contributed by atoms with Gasteiger partial charge in [0.2, 0.25) is 0 Å². The molecule has 25 heavy (non-hydrogen) atoms. The zero-order valence-electron chi connectivity index (χ0n) is 13.9. The summed E-state index contributed by atoms with van der Waals surface area (Å²) in [6, 6.07) is 15.0. The fraction of sp³-hybridized carbons (Fsp3) is 0.263. The lowest BCUT2D eigenvalue weighted by Crippen LogP contribution is -2.24. The maximum absolute atomic E-state index is 9.89. The third kappa shape index (κ3) is 3.44. The Bertz CT molecular complexity index is 846. The lowest BCUT2D eigenvalue weighted by molar-refractivity contribution is 0.193. The van der Waals surface area contributed by atoms with Crippen molar-refractivity contribution in [2.45, 2.75) is 25.4 Å². The summed E-state index contributed by atoms with van der Waals surface area (Å²) in [6.45, 7) is 1.96. The van der Waals surface area contributed by atoms with Crippen LogP contribution in [0.5, 0.6) is 5.75 Å². The van der Waals surface area contributed by atoms with E-state index in [9.17, 15) is 5.26 Å². The molecule has 0 saturated heterocycles. The summed E-state index contributed by atoms with van der Waals surface area (Å²) in [5.41, 5.74) is 2.69. The highest BCUT2D eigenvalue weighted by atomic mass is 35.5. The van der Waals surface area contributed by atoms with Crippen molar-refractivity contribution < 1.29 is 4.74 Å². The molecular formula is C19H17Cl2N3O. The number of hydrogen-bond donors (Lipinski definition) is 0. The van der Waals surface area contributed by atoms with E-state index in [-0.39, 0.29) is 6.04 Å². The first kappa shape index (κ1) is 17.6. The van der Waals surface area contributed by atoms with Crippen LogP contribution in [0.25, 0.3) is 0 Å². The summed E-state index contributed by atoms with van der Waals surface area (Å²) in [4.78, 5) is 0. The number of hydrazone groups is 1. The van der Waals surface area contributed by atoms with Crippen molar-refractivity contribution in [2.75, 3.05) is 7.11 Å². The van der Waals surface area contributed by atoms with E-state index in [1.807, 2.05) is 42.3 Å². The monoisotopic (exact) mass is 373 g/mol. The summed E-state index contributed by atoms with van der Waals surface area (Å²) in [5, 5.41) is 17.2. The van der Waals surface area contributed by atoms with Gasteiger partial charge in [-0.2, -0.15) is 10.4 Å². The third-order valence-electron chi connectivity index (χ3n) is 4.20. The number of nitriles is 1. The molecule has 0 fully saturated rings. The van der Waals surface area contributed by atoms with E-state index in [0.717, 1.165) is 17.7 Å². The lowest BCUT2D eigenvalue weighted by atomic mass is 9.99. The molecule has 1 aliphatic rings. The maximum Gasteiger partial charge on any atom is 0.163 e. The quantitative estimate of drug-likeness (QED) is 0.721. The molecule has 128 valence electrons. The number of nitrogens with zero attached hydrogens (tertiary/aromatic N) is 3. The van der Waals surface area contributed by atoms with Gasteiger partial charge >= 0.3 is 0 Å². The molecule has 0 spiro atoms. The Morgan fingerprint density at radius 2 is 2.00 bits per heavy atom. The smallest absolute Gasteiger partial charge is 0.163 e. The van der Waals surface area contributed by atoms with Crippen molar-refractivity contribution in [1.82, 2.24) is 5.01 Å². The second-order valence-corrected chi connectivity index (χ2v) is 6.73. The van der Waals surface area contributed by atoms with Gasteiger partial charge in [-0.25, -0.2) is 0 Å². The molecule has 1 aliphatic heterocycles. The Balaban J connectivity index is 2.07. The summed E-state index contributed by atoms with van der Waals surface area (Å²) < 4.78 is 5.42. The van der Waals surface area contributed by atoms with Gasteiger partial charge in [0.25, 0.3) is 0 Å². The first-order valence-electron chi connectivity index (χ1n) is 7.85. The lowest BCUT2D eigenvalue weighted by Gasteiger charge is -2.29. The van der Waals surface area contributed by atoms with Gasteiger partial charge in [-0.05, 0) is 24.6 Å². The highest BCUT2D eigenvalue weighted by molar-refractivity contribution is 6.35. The third-order valence-corrected chi connectivity index (χ3v) is 4.70. The molecule has 0 unspecified atom stereocenters. The van der Waals surface area contributed by atoms with Crippen molar-refractivity contribution >= 4 is 28.9 Å². The van der Waals surface area contributed by atoms with Crippen LogP contribution >= 0.6 is 23.2 Å². The number of rotatable bonds is 4. The van der Waals surface area contributed by atoms with E-state index < -0.39 is 6.04 Å². The van der Waals surface area contributed by atoms with Gasteiger partial charge in [0.15, 0.2) is 6.04 Å². The van der Waals surface area contributed by atoms with Crippen molar-refractivity contribution in [1.29, 1.82) is 5.26 Å². The van der Waals surface area contributed by atoms with E-state index >= 15 is 0 Å². The number of methoxy groups -OCH3 is 1. The largest absolute Gasteiger partial charge is 0.495 e. The van der Waals surface area contributed by atoms with Gasteiger partial charge in [-0.1, -0.05) is 53.5 Å². The fourth-order valence-electron chi connectivity index (χ4n) is 3.13. The van der Waals surface area contributed by atoms with Crippen LogP contribution in [0.4, 0.5) is 0 Å². The van der Waals surface area contributed by atoms with Crippen LogP contribution in [0.15, 0.2) is 47.6 Å². The summed E-state index contributed by atoms with van der Waals surface area (Å²) >= 11 is 12.4. The topological polar surface area (TPSA) is 48.6 Å². The molecule has 6 heteroatoms. The van der Waals surface area contributed by atoms with Crippen molar-refractivity contribution in [3.8, 4) is 11.8 Å². The predicted molar refractivity (Wildman–Crippen MR) is 100 cm³/mol. The van der Waals surface area contributed by atoms with Gasteiger partial charge in [-0.15, -0.1) is 0 Å². The Labute approximate surface area is 157 Å². The van der Waals surface area contributed by atoms with E-state index in [1.54, 1.807) is 12.1 Å². The van der Waals surface area contributed by atoms with Crippen LogP contribution < -0.4 is 4.74 Å². The zero-order chi connectivity index (χ0) is 18.0. The average molecular weight is 374 g/mol. The second kappa shape index (κ2) is 7.35. The molecule has 3 rings (SSSR count). The Kier molecular flexibility index (Phi) is 5.17. The molecule has 0 N–H and O–H groups in total. The molecule has 4 nitrogen and oxygen atoms in total. The van der Waals surface area contributed by atoms with Crippen LogP contribution in [0.3, 0.4) is 0 Å². The first-order valence-corrected chi connectivity index (χ1v) is 8.60. The minimum absolute atomic E-state index is 0.0201. The highest BCUT2D eigenvalue weighted by Crippen LogP contribution is 2.43. The minimum Gasteiger partial charge on any atom is -0.495 e. The Morgan fingerprint density at radius 3 is 2.64 bits per heavy atom. The van der Waals surface area contributed by atoms with Crippen molar-refractivity contribution in [2.24, 2.45) is 5.10 Å². The van der Waals surface area contributed by atoms with Crippen LogP contribution in [-0.4, -0.2) is 17.8 Å². The molecule has 0 saturated carbocycles. The van der Waals surface area contributed by atoms with E-state index in [0.29, 0.717) is 21.4 Å². The molecule has 2 aromatic carbocycles. The minimum atomic E-state index is -0.659. The van der Waals surface area contributed by atoms with Crippen molar-refractivity contribution in [3.05, 3.63) is 63.6 Å². The number of benzene rings is 2. The number of ether oxygens (including phenoxy) is 1. The van der Waals surface area contributed by atoms with Gasteiger partial charge in [-0.3, -0.25) is 5.01 Å². The molecule has 0 bridgehead atoms. The second-order valence-electron chi connectivity index (χ2n) is 5.89. The maximum atomic E-state index is 9.89. The van der Waals surface area contributed by atoms with Crippen molar-refractivity contribution in [3.63, 3.8) is 0 Å². The van der Waals surface area contributed by atoms with Crippen LogP contribution in [0, 0.1) is 11.3 Å².